The fourth-order valence-electron chi connectivity index (χ4n) is 3.38. The normalized spacial score (nSPS) is 12.4. The second-order valence-corrected chi connectivity index (χ2v) is 9.69. The molecule has 168 valence electrons. The van der Waals surface area contributed by atoms with Crippen molar-refractivity contribution in [2.75, 3.05) is 0 Å². The molecule has 0 saturated carbocycles. The van der Waals surface area contributed by atoms with Crippen molar-refractivity contribution < 1.29 is 9.59 Å². The predicted octanol–water partition coefficient (Wildman–Crippen LogP) is 5.96. The minimum Gasteiger partial charge on any atom is -0.350 e. The summed E-state index contributed by atoms with van der Waals surface area (Å²) in [7, 11) is 0. The number of aryl methyl sites for hydroxylation is 2. The minimum absolute atomic E-state index is 0.104. The highest BCUT2D eigenvalue weighted by atomic mass is 35.5. The van der Waals surface area contributed by atoms with E-state index < -0.39 is 11.6 Å². The van der Waals surface area contributed by atoms with Crippen LogP contribution < -0.4 is 5.32 Å². The highest BCUT2D eigenvalue weighted by Gasteiger charge is 2.31. The van der Waals surface area contributed by atoms with Gasteiger partial charge in [-0.25, -0.2) is 0 Å². The lowest BCUT2D eigenvalue weighted by Crippen LogP contribution is -2.53. The predicted molar refractivity (Wildman–Crippen MR) is 128 cm³/mol. The number of carbonyl (C=O) groups is 2. The molecule has 0 aliphatic carbocycles. The average Bonchev–Trinajstić information content (AvgIpc) is 2.68. The zero-order chi connectivity index (χ0) is 23.2. The summed E-state index contributed by atoms with van der Waals surface area (Å²) in [5.74, 6) is -0.283. The second kappa shape index (κ2) is 11.0. The van der Waals surface area contributed by atoms with Crippen molar-refractivity contribution >= 4 is 35.0 Å². The van der Waals surface area contributed by atoms with Crippen LogP contribution in [0.4, 0.5) is 0 Å². The second-order valence-electron chi connectivity index (χ2n) is 8.87. The summed E-state index contributed by atoms with van der Waals surface area (Å²) >= 11 is 12.8. The summed E-state index contributed by atoms with van der Waals surface area (Å²) in [6, 6.07) is 12.8. The molecule has 4 nitrogen and oxygen atoms in total. The van der Waals surface area contributed by atoms with E-state index in [0.717, 1.165) is 5.56 Å². The Kier molecular flexibility index (Phi) is 8.96. The Morgan fingerprint density at radius 1 is 1.03 bits per heavy atom. The Labute approximate surface area is 195 Å². The fraction of sp³-hybridized carbons (Fsp3) is 0.440. The first-order chi connectivity index (χ1) is 14.5. The Balaban J connectivity index is 2.29. The van der Waals surface area contributed by atoms with Crippen LogP contribution >= 0.6 is 23.2 Å². The van der Waals surface area contributed by atoms with Crippen LogP contribution in [0.2, 0.25) is 10.0 Å². The molecule has 6 heteroatoms. The van der Waals surface area contributed by atoms with Crippen LogP contribution in [0.25, 0.3) is 0 Å². The molecule has 0 spiro atoms. The first kappa shape index (κ1) is 25.2. The molecule has 2 aromatic carbocycles. The summed E-state index contributed by atoms with van der Waals surface area (Å²) < 4.78 is 0. The topological polar surface area (TPSA) is 49.4 Å². The molecule has 2 amide bonds. The van der Waals surface area contributed by atoms with E-state index in [4.69, 9.17) is 23.2 Å². The standard InChI is InChI=1S/C25H32Cl2N2O2/c1-6-22(24(31)28-25(3,4)5)29(16-19-20(26)8-7-9-21(19)27)23(30)15-14-18-12-10-17(2)11-13-18/h7-13,22H,6,14-16H2,1-5H3,(H,28,31). The molecular formula is C25H32Cl2N2O2. The highest BCUT2D eigenvalue weighted by Crippen LogP contribution is 2.27. The van der Waals surface area contributed by atoms with Gasteiger partial charge in [0, 0.05) is 34.1 Å². The Hall–Kier alpha value is -2.04. The van der Waals surface area contributed by atoms with Gasteiger partial charge < -0.3 is 10.2 Å². The summed E-state index contributed by atoms with van der Waals surface area (Å²) in [6.07, 6.45) is 1.38. The van der Waals surface area contributed by atoms with Crippen LogP contribution in [0.5, 0.6) is 0 Å². The molecule has 31 heavy (non-hydrogen) atoms. The quantitative estimate of drug-likeness (QED) is 0.526. The van der Waals surface area contributed by atoms with Crippen molar-refractivity contribution in [2.45, 2.75) is 72.0 Å². The van der Waals surface area contributed by atoms with E-state index in [-0.39, 0.29) is 18.4 Å². The molecule has 0 radical (unpaired) electrons. The van der Waals surface area contributed by atoms with Gasteiger partial charge in [-0.15, -0.1) is 0 Å². The number of carbonyl (C=O) groups excluding carboxylic acids is 2. The average molecular weight is 463 g/mol. The fourth-order valence-corrected chi connectivity index (χ4v) is 3.89. The van der Waals surface area contributed by atoms with Gasteiger partial charge >= 0.3 is 0 Å². The van der Waals surface area contributed by atoms with Crippen LogP contribution in [-0.4, -0.2) is 28.3 Å². The summed E-state index contributed by atoms with van der Waals surface area (Å²) in [5.41, 5.74) is 2.51. The van der Waals surface area contributed by atoms with E-state index in [1.165, 1.54) is 5.56 Å². The molecule has 2 rings (SSSR count). The third kappa shape index (κ3) is 7.55. The van der Waals surface area contributed by atoms with Gasteiger partial charge in [0.2, 0.25) is 11.8 Å². The van der Waals surface area contributed by atoms with Gasteiger partial charge in [0.05, 0.1) is 0 Å². The largest absolute Gasteiger partial charge is 0.350 e. The van der Waals surface area contributed by atoms with Crippen LogP contribution in [-0.2, 0) is 22.6 Å². The molecule has 2 aromatic rings. The molecule has 0 heterocycles. The highest BCUT2D eigenvalue weighted by molar-refractivity contribution is 6.36. The summed E-state index contributed by atoms with van der Waals surface area (Å²) in [4.78, 5) is 28.0. The molecule has 0 aliphatic rings. The van der Waals surface area contributed by atoms with Gasteiger partial charge in [0.15, 0.2) is 0 Å². The van der Waals surface area contributed by atoms with Crippen LogP contribution in [0, 0.1) is 6.92 Å². The first-order valence-corrected chi connectivity index (χ1v) is 11.4. The van der Waals surface area contributed by atoms with Gasteiger partial charge in [-0.1, -0.05) is 66.0 Å². The van der Waals surface area contributed by atoms with Crippen LogP contribution in [0.3, 0.4) is 0 Å². The summed E-state index contributed by atoms with van der Waals surface area (Å²) in [6.45, 7) is 9.89. The van der Waals surface area contributed by atoms with Gasteiger partial charge in [-0.05, 0) is 58.2 Å². The van der Waals surface area contributed by atoms with Gasteiger partial charge in [-0.3, -0.25) is 9.59 Å². The molecular weight excluding hydrogens is 431 g/mol. The zero-order valence-corrected chi connectivity index (χ0v) is 20.5. The maximum absolute atomic E-state index is 13.3. The van der Waals surface area contributed by atoms with E-state index in [9.17, 15) is 9.59 Å². The van der Waals surface area contributed by atoms with E-state index in [1.807, 2.05) is 58.9 Å². The Morgan fingerprint density at radius 2 is 1.61 bits per heavy atom. The maximum atomic E-state index is 13.3. The van der Waals surface area contributed by atoms with E-state index in [1.54, 1.807) is 23.1 Å². The number of hydrogen-bond acceptors (Lipinski definition) is 2. The van der Waals surface area contributed by atoms with Gasteiger partial charge in [0.25, 0.3) is 0 Å². The van der Waals surface area contributed by atoms with Crippen LogP contribution in [0.15, 0.2) is 42.5 Å². The number of halogens is 2. The van der Waals surface area contributed by atoms with Crippen molar-refractivity contribution in [2.24, 2.45) is 0 Å². The molecule has 1 unspecified atom stereocenters. The first-order valence-electron chi connectivity index (χ1n) is 10.6. The van der Waals surface area contributed by atoms with Crippen LogP contribution in [0.1, 0.15) is 57.2 Å². The van der Waals surface area contributed by atoms with Crippen molar-refractivity contribution in [3.05, 3.63) is 69.2 Å². The molecule has 1 atom stereocenters. The van der Waals surface area contributed by atoms with E-state index >= 15 is 0 Å². The number of amides is 2. The lowest BCUT2D eigenvalue weighted by Gasteiger charge is -2.33. The van der Waals surface area contributed by atoms with Gasteiger partial charge in [0.1, 0.15) is 6.04 Å². The number of hydrogen-bond donors (Lipinski definition) is 1. The molecule has 0 aromatic heterocycles. The molecule has 0 bridgehead atoms. The molecule has 0 aliphatic heterocycles. The molecule has 0 fully saturated rings. The SMILES string of the molecule is CCC(C(=O)NC(C)(C)C)N(Cc1c(Cl)cccc1Cl)C(=O)CCc1ccc(C)cc1. The number of nitrogens with one attached hydrogen (secondary N) is 1. The lowest BCUT2D eigenvalue weighted by molar-refractivity contribution is -0.142. The number of nitrogens with zero attached hydrogens (tertiary/aromatic N) is 1. The van der Waals surface area contributed by atoms with Crippen molar-refractivity contribution in [1.29, 1.82) is 0 Å². The third-order valence-electron chi connectivity index (χ3n) is 5.02. The molecule has 1 N–H and O–H groups in total. The molecule has 0 saturated heterocycles. The zero-order valence-electron chi connectivity index (χ0n) is 19.0. The third-order valence-corrected chi connectivity index (χ3v) is 5.73. The Bertz CT molecular complexity index is 884. The monoisotopic (exact) mass is 462 g/mol. The number of rotatable bonds is 8. The van der Waals surface area contributed by atoms with Crippen molar-refractivity contribution in [3.63, 3.8) is 0 Å². The van der Waals surface area contributed by atoms with E-state index in [2.05, 4.69) is 5.32 Å². The minimum atomic E-state index is -0.614. The Morgan fingerprint density at radius 3 is 2.13 bits per heavy atom. The van der Waals surface area contributed by atoms with Crippen molar-refractivity contribution in [3.8, 4) is 0 Å². The smallest absolute Gasteiger partial charge is 0.243 e. The maximum Gasteiger partial charge on any atom is 0.243 e. The van der Waals surface area contributed by atoms with Gasteiger partial charge in [-0.2, -0.15) is 0 Å². The van der Waals surface area contributed by atoms with Crippen molar-refractivity contribution in [1.82, 2.24) is 10.2 Å². The summed E-state index contributed by atoms with van der Waals surface area (Å²) in [5, 5.41) is 3.96. The number of benzene rings is 2. The van der Waals surface area contributed by atoms with E-state index in [0.29, 0.717) is 34.9 Å². The lowest BCUT2D eigenvalue weighted by atomic mass is 10.0.